The Hall–Kier alpha value is -0.870. The van der Waals surface area contributed by atoms with Crippen molar-refractivity contribution in [2.45, 2.75) is 63.8 Å². The minimum atomic E-state index is 0.176. The Kier molecular flexibility index (Phi) is 4.96. The van der Waals surface area contributed by atoms with E-state index in [1.807, 2.05) is 4.90 Å². The lowest BCUT2D eigenvalue weighted by atomic mass is 9.99. The number of rotatable bonds is 3. The second-order valence-electron chi connectivity index (χ2n) is 6.28. The maximum absolute atomic E-state index is 12.8. The Morgan fingerprint density at radius 2 is 2.10 bits per heavy atom. The van der Waals surface area contributed by atoms with Gasteiger partial charge in [0.05, 0.1) is 4.88 Å². The minimum Gasteiger partial charge on any atom is -0.396 e. The molecule has 0 bridgehead atoms. The van der Waals surface area contributed by atoms with Crippen LogP contribution in [0.3, 0.4) is 0 Å². The van der Waals surface area contributed by atoms with Crippen LogP contribution in [0, 0.1) is 0 Å². The summed E-state index contributed by atoms with van der Waals surface area (Å²) in [4.78, 5) is 17.2. The smallest absolute Gasteiger partial charge is 0.264 e. The monoisotopic (exact) mass is 307 g/mol. The van der Waals surface area contributed by atoms with Crippen LogP contribution in [0.2, 0.25) is 0 Å². The largest absolute Gasteiger partial charge is 0.396 e. The number of hydrogen-bond acceptors (Lipinski definition) is 3. The number of thiophene rings is 1. The van der Waals surface area contributed by atoms with E-state index in [9.17, 15) is 9.90 Å². The molecular formula is C17H25NO2S. The van der Waals surface area contributed by atoms with E-state index < -0.39 is 0 Å². The van der Waals surface area contributed by atoms with Crippen LogP contribution >= 0.6 is 11.3 Å². The van der Waals surface area contributed by atoms with Crippen LogP contribution in [0.1, 0.15) is 65.1 Å². The molecule has 1 aromatic heterocycles. The van der Waals surface area contributed by atoms with E-state index in [4.69, 9.17) is 0 Å². The molecule has 4 heteroatoms. The van der Waals surface area contributed by atoms with Gasteiger partial charge in [-0.3, -0.25) is 4.79 Å². The number of fused-ring (bicyclic) bond motifs is 1. The van der Waals surface area contributed by atoms with Gasteiger partial charge in [-0.05, 0) is 63.0 Å². The van der Waals surface area contributed by atoms with Gasteiger partial charge in [0, 0.05) is 24.1 Å². The van der Waals surface area contributed by atoms with Gasteiger partial charge in [-0.25, -0.2) is 0 Å². The lowest BCUT2D eigenvalue weighted by Crippen LogP contribution is -2.43. The van der Waals surface area contributed by atoms with E-state index in [0.29, 0.717) is 0 Å². The second-order valence-corrected chi connectivity index (χ2v) is 7.42. The summed E-state index contributed by atoms with van der Waals surface area (Å²) >= 11 is 1.72. The van der Waals surface area contributed by atoms with E-state index >= 15 is 0 Å². The summed E-state index contributed by atoms with van der Waals surface area (Å²) in [6.07, 6.45) is 10.1. The number of aryl methyl sites for hydroxylation is 2. The molecule has 1 fully saturated rings. The fourth-order valence-corrected chi connectivity index (χ4v) is 4.84. The molecule has 1 unspecified atom stereocenters. The van der Waals surface area contributed by atoms with E-state index in [0.717, 1.165) is 43.5 Å². The number of aliphatic hydroxyl groups is 1. The third kappa shape index (κ3) is 3.32. The summed E-state index contributed by atoms with van der Waals surface area (Å²) < 4.78 is 0. The Balaban J connectivity index is 1.77. The van der Waals surface area contributed by atoms with Crippen molar-refractivity contribution in [3.63, 3.8) is 0 Å². The molecule has 0 spiro atoms. The number of carbonyl (C=O) groups is 1. The van der Waals surface area contributed by atoms with Crippen LogP contribution in [0.5, 0.6) is 0 Å². The number of carbonyl (C=O) groups excluding carboxylic acids is 1. The first-order valence-corrected chi connectivity index (χ1v) is 9.14. The first-order chi connectivity index (χ1) is 10.3. The highest BCUT2D eigenvalue weighted by molar-refractivity contribution is 7.14. The lowest BCUT2D eigenvalue weighted by Gasteiger charge is -2.35. The van der Waals surface area contributed by atoms with Gasteiger partial charge in [0.25, 0.3) is 5.91 Å². The summed E-state index contributed by atoms with van der Waals surface area (Å²) in [6.45, 7) is 1.03. The summed E-state index contributed by atoms with van der Waals surface area (Å²) in [5.74, 6) is 0.200. The zero-order chi connectivity index (χ0) is 14.7. The predicted molar refractivity (Wildman–Crippen MR) is 86.0 cm³/mol. The lowest BCUT2D eigenvalue weighted by molar-refractivity contribution is 0.0579. The molecule has 1 aromatic rings. The van der Waals surface area contributed by atoms with Gasteiger partial charge in [0.15, 0.2) is 0 Å². The summed E-state index contributed by atoms with van der Waals surface area (Å²) in [7, 11) is 0. The highest BCUT2D eigenvalue weighted by Gasteiger charge is 2.28. The topological polar surface area (TPSA) is 40.5 Å². The fourth-order valence-electron chi connectivity index (χ4n) is 3.63. The number of piperidine rings is 1. The highest BCUT2D eigenvalue weighted by atomic mass is 32.1. The summed E-state index contributed by atoms with van der Waals surface area (Å²) in [5, 5.41) is 9.22. The Morgan fingerprint density at radius 1 is 1.24 bits per heavy atom. The number of hydrogen-bond donors (Lipinski definition) is 1. The normalized spacial score (nSPS) is 22.7. The van der Waals surface area contributed by atoms with Crippen molar-refractivity contribution in [2.24, 2.45) is 0 Å². The molecule has 1 N–H and O–H groups in total. The average molecular weight is 307 g/mol. The number of nitrogens with zero attached hydrogens (tertiary/aromatic N) is 1. The average Bonchev–Trinajstić information content (AvgIpc) is 2.78. The predicted octanol–water partition coefficient (Wildman–Crippen LogP) is 3.39. The van der Waals surface area contributed by atoms with E-state index in [-0.39, 0.29) is 18.6 Å². The van der Waals surface area contributed by atoms with Gasteiger partial charge in [-0.1, -0.05) is 6.42 Å². The third-order valence-electron chi connectivity index (χ3n) is 4.81. The highest BCUT2D eigenvalue weighted by Crippen LogP contribution is 2.31. The molecule has 1 aliphatic carbocycles. The van der Waals surface area contributed by atoms with Crippen molar-refractivity contribution in [1.29, 1.82) is 0 Å². The zero-order valence-electron chi connectivity index (χ0n) is 12.6. The maximum atomic E-state index is 12.8. The molecule has 1 aliphatic heterocycles. The van der Waals surface area contributed by atoms with Crippen molar-refractivity contribution in [2.75, 3.05) is 13.2 Å². The molecule has 2 aliphatic rings. The standard InChI is InChI=1S/C17H25NO2S/c19-11-9-14-7-4-5-10-18(14)17(20)16-12-13-6-2-1-3-8-15(13)21-16/h12,14,19H,1-11H2. The van der Waals surface area contributed by atoms with Crippen molar-refractivity contribution < 1.29 is 9.90 Å². The third-order valence-corrected chi connectivity index (χ3v) is 6.03. The zero-order valence-corrected chi connectivity index (χ0v) is 13.5. The molecule has 116 valence electrons. The minimum absolute atomic E-state index is 0.176. The van der Waals surface area contributed by atoms with Crippen LogP contribution in [-0.4, -0.2) is 35.1 Å². The molecule has 2 heterocycles. The van der Waals surface area contributed by atoms with Gasteiger partial charge in [0.1, 0.15) is 0 Å². The molecule has 1 amide bonds. The van der Waals surface area contributed by atoms with Crippen molar-refractivity contribution in [1.82, 2.24) is 4.90 Å². The number of amides is 1. The van der Waals surface area contributed by atoms with Crippen LogP contribution in [0.25, 0.3) is 0 Å². The molecule has 3 nitrogen and oxygen atoms in total. The van der Waals surface area contributed by atoms with Gasteiger partial charge in [0.2, 0.25) is 0 Å². The van der Waals surface area contributed by atoms with E-state index in [2.05, 4.69) is 6.07 Å². The molecule has 3 rings (SSSR count). The Morgan fingerprint density at radius 3 is 2.95 bits per heavy atom. The van der Waals surface area contributed by atoms with Crippen molar-refractivity contribution in [3.05, 3.63) is 21.4 Å². The number of aliphatic hydroxyl groups excluding tert-OH is 1. The quantitative estimate of drug-likeness (QED) is 0.870. The van der Waals surface area contributed by atoms with Gasteiger partial charge in [-0.2, -0.15) is 0 Å². The van der Waals surface area contributed by atoms with Gasteiger partial charge < -0.3 is 10.0 Å². The Labute approximate surface area is 131 Å². The number of likely N-dealkylation sites (tertiary alicyclic amines) is 1. The molecule has 0 radical (unpaired) electrons. The fraction of sp³-hybridized carbons (Fsp3) is 0.706. The second kappa shape index (κ2) is 6.93. The molecule has 21 heavy (non-hydrogen) atoms. The van der Waals surface area contributed by atoms with Crippen LogP contribution in [0.4, 0.5) is 0 Å². The van der Waals surface area contributed by atoms with Gasteiger partial charge in [-0.15, -0.1) is 11.3 Å². The molecule has 1 atom stereocenters. The molecular weight excluding hydrogens is 282 g/mol. The molecule has 1 saturated heterocycles. The molecule has 0 aromatic carbocycles. The first kappa shape index (κ1) is 15.0. The first-order valence-electron chi connectivity index (χ1n) is 8.33. The Bertz CT molecular complexity index is 471. The SMILES string of the molecule is O=C(c1cc2c(s1)CCCCC2)N1CCCCC1CCO. The van der Waals surface area contributed by atoms with Gasteiger partial charge >= 0.3 is 0 Å². The summed E-state index contributed by atoms with van der Waals surface area (Å²) in [6, 6.07) is 2.39. The van der Waals surface area contributed by atoms with E-state index in [1.165, 1.54) is 36.1 Å². The molecule has 0 saturated carbocycles. The van der Waals surface area contributed by atoms with Crippen LogP contribution in [-0.2, 0) is 12.8 Å². The van der Waals surface area contributed by atoms with E-state index in [1.54, 1.807) is 11.3 Å². The van der Waals surface area contributed by atoms with Crippen LogP contribution in [0.15, 0.2) is 6.07 Å². The summed E-state index contributed by atoms with van der Waals surface area (Å²) in [5.41, 5.74) is 1.41. The maximum Gasteiger partial charge on any atom is 0.264 e. The van der Waals surface area contributed by atoms with Crippen molar-refractivity contribution >= 4 is 17.2 Å². The van der Waals surface area contributed by atoms with Crippen molar-refractivity contribution in [3.8, 4) is 0 Å². The van der Waals surface area contributed by atoms with Crippen LogP contribution < -0.4 is 0 Å².